The number of hydrogen-bond acceptors (Lipinski definition) is 3. The van der Waals surface area contributed by atoms with Crippen molar-refractivity contribution in [1.82, 2.24) is 10.3 Å². The van der Waals surface area contributed by atoms with Gasteiger partial charge in [-0.05, 0) is 32.4 Å². The van der Waals surface area contributed by atoms with E-state index < -0.39 is 23.0 Å². The monoisotopic (exact) mass is 303 g/mol. The second-order valence-corrected chi connectivity index (χ2v) is 6.34. The van der Waals surface area contributed by atoms with Crippen molar-refractivity contribution in [3.05, 3.63) is 36.0 Å². The number of aromatic nitrogens is 1. The fourth-order valence-electron chi connectivity index (χ4n) is 2.23. The lowest BCUT2D eigenvalue weighted by Gasteiger charge is -2.29. The van der Waals surface area contributed by atoms with Crippen LogP contribution < -0.4 is 11.1 Å². The Labute approximate surface area is 128 Å². The first-order valence-electron chi connectivity index (χ1n) is 7.03. The molecule has 6 nitrogen and oxygen atoms in total. The molecule has 1 aromatic carbocycles. The summed E-state index contributed by atoms with van der Waals surface area (Å²) in [5.74, 6) is -1.60. The van der Waals surface area contributed by atoms with Crippen molar-refractivity contribution in [3.8, 4) is 0 Å². The third kappa shape index (κ3) is 3.12. The van der Waals surface area contributed by atoms with Crippen LogP contribution in [0.15, 0.2) is 30.5 Å². The van der Waals surface area contributed by atoms with E-state index in [1.54, 1.807) is 6.92 Å². The van der Waals surface area contributed by atoms with Crippen molar-refractivity contribution in [1.29, 1.82) is 0 Å². The van der Waals surface area contributed by atoms with Crippen LogP contribution in [0, 0.1) is 0 Å². The summed E-state index contributed by atoms with van der Waals surface area (Å²) in [6.07, 6.45) is 2.13. The van der Waals surface area contributed by atoms with Gasteiger partial charge in [-0.2, -0.15) is 0 Å². The van der Waals surface area contributed by atoms with Crippen LogP contribution in [-0.2, 0) is 16.0 Å². The second-order valence-electron chi connectivity index (χ2n) is 6.34. The minimum Gasteiger partial charge on any atom is -0.480 e. The second kappa shape index (κ2) is 5.46. The number of fused-ring (bicyclic) bond motifs is 1. The Bertz CT molecular complexity index is 716. The average Bonchev–Trinajstić information content (AvgIpc) is 2.81. The van der Waals surface area contributed by atoms with Crippen molar-refractivity contribution in [3.63, 3.8) is 0 Å². The summed E-state index contributed by atoms with van der Waals surface area (Å²) < 4.78 is 0. The zero-order valence-corrected chi connectivity index (χ0v) is 12.9. The summed E-state index contributed by atoms with van der Waals surface area (Å²) in [7, 11) is 0. The number of nitrogens with two attached hydrogens (primary N) is 1. The van der Waals surface area contributed by atoms with Crippen molar-refractivity contribution in [2.24, 2.45) is 5.73 Å². The van der Waals surface area contributed by atoms with Gasteiger partial charge in [0.25, 0.3) is 0 Å². The summed E-state index contributed by atoms with van der Waals surface area (Å²) >= 11 is 0. The Balaban J connectivity index is 2.20. The number of carboxylic acids is 1. The fourth-order valence-corrected chi connectivity index (χ4v) is 2.23. The van der Waals surface area contributed by atoms with Gasteiger partial charge in [-0.25, -0.2) is 4.79 Å². The zero-order chi connectivity index (χ0) is 16.5. The molecule has 5 N–H and O–H groups in total. The van der Waals surface area contributed by atoms with Gasteiger partial charge < -0.3 is 21.1 Å². The van der Waals surface area contributed by atoms with E-state index in [2.05, 4.69) is 10.3 Å². The number of nitrogens with one attached hydrogen (secondary N) is 2. The standard InChI is InChI=1S/C16H21N3O3/c1-15(2,14(21)22)19-13(20)16(3,17)8-10-9-18-12-7-5-4-6-11(10)12/h4-7,9,18H,8,17H2,1-3H3,(H,19,20)(H,21,22). The maximum Gasteiger partial charge on any atom is 0.328 e. The molecule has 0 aliphatic heterocycles. The van der Waals surface area contributed by atoms with Crippen LogP contribution in [-0.4, -0.2) is 33.0 Å². The Kier molecular flexibility index (Phi) is 3.98. The number of carbonyl (C=O) groups excluding carboxylic acids is 1. The zero-order valence-electron chi connectivity index (χ0n) is 12.9. The predicted octanol–water partition coefficient (Wildman–Crippen LogP) is 1.41. The molecule has 0 fully saturated rings. The highest BCUT2D eigenvalue weighted by Crippen LogP contribution is 2.22. The van der Waals surface area contributed by atoms with Crippen LogP contribution in [0.5, 0.6) is 0 Å². The predicted molar refractivity (Wildman–Crippen MR) is 84.5 cm³/mol. The normalized spacial score (nSPS) is 14.5. The number of benzene rings is 1. The number of para-hydroxylation sites is 1. The molecule has 0 saturated heterocycles. The van der Waals surface area contributed by atoms with E-state index in [4.69, 9.17) is 10.8 Å². The van der Waals surface area contributed by atoms with Crippen molar-refractivity contribution >= 4 is 22.8 Å². The largest absolute Gasteiger partial charge is 0.480 e. The maximum atomic E-state index is 12.3. The summed E-state index contributed by atoms with van der Waals surface area (Å²) in [5.41, 5.74) is 5.45. The molecular weight excluding hydrogens is 282 g/mol. The fraction of sp³-hybridized carbons (Fsp3) is 0.375. The Hall–Kier alpha value is -2.34. The molecule has 2 aromatic rings. The Morgan fingerprint density at radius 3 is 2.55 bits per heavy atom. The molecular formula is C16H21N3O3. The molecule has 0 aliphatic rings. The number of hydrogen-bond donors (Lipinski definition) is 4. The van der Waals surface area contributed by atoms with Crippen LogP contribution >= 0.6 is 0 Å². The molecule has 2 rings (SSSR count). The van der Waals surface area contributed by atoms with Crippen molar-refractivity contribution in [2.45, 2.75) is 38.3 Å². The third-order valence-corrected chi connectivity index (χ3v) is 3.71. The lowest BCUT2D eigenvalue weighted by atomic mass is 9.91. The number of carbonyl (C=O) groups is 2. The summed E-state index contributed by atoms with van der Waals surface area (Å²) in [5, 5.41) is 12.6. The molecule has 0 saturated carbocycles. The minimum absolute atomic E-state index is 0.304. The molecule has 1 amide bonds. The van der Waals surface area contributed by atoms with Gasteiger partial charge in [0.05, 0.1) is 5.54 Å². The molecule has 0 spiro atoms. The molecule has 22 heavy (non-hydrogen) atoms. The maximum absolute atomic E-state index is 12.3. The third-order valence-electron chi connectivity index (χ3n) is 3.71. The Morgan fingerprint density at radius 1 is 1.27 bits per heavy atom. The Morgan fingerprint density at radius 2 is 1.91 bits per heavy atom. The van der Waals surface area contributed by atoms with E-state index in [1.165, 1.54) is 13.8 Å². The molecule has 1 aromatic heterocycles. The van der Waals surface area contributed by atoms with Gasteiger partial charge in [0.1, 0.15) is 5.54 Å². The highest BCUT2D eigenvalue weighted by atomic mass is 16.4. The smallest absolute Gasteiger partial charge is 0.328 e. The van der Waals surface area contributed by atoms with Gasteiger partial charge in [-0.15, -0.1) is 0 Å². The summed E-state index contributed by atoms with van der Waals surface area (Å²) in [6, 6.07) is 7.74. The molecule has 0 aliphatic carbocycles. The first-order chi connectivity index (χ1) is 10.1. The van der Waals surface area contributed by atoms with Crippen LogP contribution in [0.1, 0.15) is 26.3 Å². The SMILES string of the molecule is CC(N)(Cc1c[nH]c2ccccc12)C(=O)NC(C)(C)C(=O)O. The number of H-pyrrole nitrogens is 1. The van der Waals surface area contributed by atoms with Crippen molar-refractivity contribution < 1.29 is 14.7 Å². The molecule has 1 atom stereocenters. The van der Waals surface area contributed by atoms with E-state index in [0.29, 0.717) is 6.42 Å². The van der Waals surface area contributed by atoms with E-state index >= 15 is 0 Å². The quantitative estimate of drug-likeness (QED) is 0.669. The number of carboxylic acid groups (broad SMARTS) is 1. The molecule has 1 heterocycles. The highest BCUT2D eigenvalue weighted by Gasteiger charge is 2.36. The summed E-state index contributed by atoms with van der Waals surface area (Å²) in [4.78, 5) is 26.6. The van der Waals surface area contributed by atoms with E-state index in [1.807, 2.05) is 30.5 Å². The number of aliphatic carboxylic acids is 1. The van der Waals surface area contributed by atoms with Crippen LogP contribution in [0.4, 0.5) is 0 Å². The summed E-state index contributed by atoms with van der Waals surface area (Å²) in [6.45, 7) is 4.45. The molecule has 118 valence electrons. The van der Waals surface area contributed by atoms with Gasteiger partial charge in [-0.1, -0.05) is 18.2 Å². The average molecular weight is 303 g/mol. The molecule has 0 bridgehead atoms. The van der Waals surface area contributed by atoms with Gasteiger partial charge in [0.15, 0.2) is 0 Å². The van der Waals surface area contributed by atoms with Crippen LogP contribution in [0.2, 0.25) is 0 Å². The molecule has 0 radical (unpaired) electrons. The lowest BCUT2D eigenvalue weighted by Crippen LogP contribution is -2.60. The first-order valence-corrected chi connectivity index (χ1v) is 7.03. The van der Waals surface area contributed by atoms with Gasteiger partial charge >= 0.3 is 5.97 Å². The van der Waals surface area contributed by atoms with Gasteiger partial charge in [-0.3, -0.25) is 4.79 Å². The number of amides is 1. The van der Waals surface area contributed by atoms with Crippen molar-refractivity contribution in [2.75, 3.05) is 0 Å². The van der Waals surface area contributed by atoms with E-state index in [0.717, 1.165) is 16.5 Å². The number of rotatable bonds is 5. The lowest BCUT2D eigenvalue weighted by molar-refractivity contribution is -0.146. The van der Waals surface area contributed by atoms with E-state index in [9.17, 15) is 9.59 Å². The first kappa shape index (κ1) is 16.0. The number of aromatic amines is 1. The van der Waals surface area contributed by atoms with Gasteiger partial charge in [0, 0.05) is 23.5 Å². The van der Waals surface area contributed by atoms with E-state index in [-0.39, 0.29) is 0 Å². The van der Waals surface area contributed by atoms with Crippen LogP contribution in [0.25, 0.3) is 10.9 Å². The molecule has 1 unspecified atom stereocenters. The highest BCUT2D eigenvalue weighted by molar-refractivity contribution is 5.92. The topological polar surface area (TPSA) is 108 Å². The minimum atomic E-state index is -1.36. The van der Waals surface area contributed by atoms with Gasteiger partial charge in [0.2, 0.25) is 5.91 Å². The van der Waals surface area contributed by atoms with Crippen LogP contribution in [0.3, 0.4) is 0 Å². The molecule has 6 heteroatoms.